The fourth-order valence-electron chi connectivity index (χ4n) is 1.07. The minimum absolute atomic E-state index is 0.157. The Bertz CT molecular complexity index is 280. The Morgan fingerprint density at radius 1 is 1.92 bits per heavy atom. The van der Waals surface area contributed by atoms with E-state index >= 15 is 0 Å². The fraction of sp³-hybridized carbons (Fsp3) is 0.500. The van der Waals surface area contributed by atoms with Crippen LogP contribution in [0.1, 0.15) is 6.92 Å². The third-order valence-corrected chi connectivity index (χ3v) is 1.67. The van der Waals surface area contributed by atoms with Gasteiger partial charge in [0.05, 0.1) is 0 Å². The van der Waals surface area contributed by atoms with Gasteiger partial charge in [0.1, 0.15) is 12.1 Å². The van der Waals surface area contributed by atoms with E-state index in [4.69, 9.17) is 10.1 Å². The molecule has 0 aromatic carbocycles. The summed E-state index contributed by atoms with van der Waals surface area (Å²) < 4.78 is 0. The first-order valence-corrected chi connectivity index (χ1v) is 3.99. The average Bonchev–Trinajstić information content (AvgIpc) is 2.47. The minimum atomic E-state index is -0.491. The van der Waals surface area contributed by atoms with Gasteiger partial charge < -0.3 is 10.2 Å². The second-order valence-electron chi connectivity index (χ2n) is 2.62. The molecule has 0 fully saturated rings. The van der Waals surface area contributed by atoms with Crippen LogP contribution in [0.5, 0.6) is 0 Å². The van der Waals surface area contributed by atoms with Gasteiger partial charge in [0.25, 0.3) is 0 Å². The third kappa shape index (κ3) is 1.98. The number of likely N-dealkylation sites (N-methyl/N-ethyl adjacent to an activating group) is 2. The van der Waals surface area contributed by atoms with Gasteiger partial charge in [-0.3, -0.25) is 4.79 Å². The number of hydroxylamine groups is 2. The summed E-state index contributed by atoms with van der Waals surface area (Å²) in [4.78, 5) is 16.3. The van der Waals surface area contributed by atoms with Gasteiger partial charge in [-0.05, 0) is 6.92 Å². The molecule has 0 aromatic rings. The van der Waals surface area contributed by atoms with Crippen molar-refractivity contribution in [3.63, 3.8) is 0 Å². The minimum Gasteiger partial charge on any atom is -0.394 e. The van der Waals surface area contributed by atoms with Crippen LogP contribution in [-0.2, 0) is 9.63 Å². The molecule has 1 rings (SSSR count). The highest BCUT2D eigenvalue weighted by Crippen LogP contribution is 2.15. The zero-order chi connectivity index (χ0) is 9.84. The summed E-state index contributed by atoms with van der Waals surface area (Å²) in [5.41, 5.74) is 0. The van der Waals surface area contributed by atoms with Crippen LogP contribution in [0.25, 0.3) is 0 Å². The molecular formula is C8H11N3O2. The number of carbonyl (C=O) groups excluding carboxylic acids is 1. The molecule has 1 heterocycles. The van der Waals surface area contributed by atoms with Gasteiger partial charge in [0.2, 0.25) is 11.7 Å². The van der Waals surface area contributed by atoms with Crippen molar-refractivity contribution in [1.82, 2.24) is 10.4 Å². The number of nitrogens with zero attached hydrogens (tertiary/aromatic N) is 2. The molecule has 0 spiro atoms. The van der Waals surface area contributed by atoms with Crippen molar-refractivity contribution in [1.29, 1.82) is 5.26 Å². The van der Waals surface area contributed by atoms with Gasteiger partial charge >= 0.3 is 0 Å². The lowest BCUT2D eigenvalue weighted by Gasteiger charge is -2.15. The maximum Gasteiger partial charge on any atom is 0.244 e. The summed E-state index contributed by atoms with van der Waals surface area (Å²) in [6, 6.07) is 1.35. The third-order valence-electron chi connectivity index (χ3n) is 1.67. The molecule has 13 heavy (non-hydrogen) atoms. The lowest BCUT2D eigenvalue weighted by molar-refractivity contribution is -0.139. The monoisotopic (exact) mass is 181 g/mol. The summed E-state index contributed by atoms with van der Waals surface area (Å²) >= 11 is 0. The highest BCUT2D eigenvalue weighted by molar-refractivity contribution is 5.84. The molecule has 5 heteroatoms. The van der Waals surface area contributed by atoms with Crippen LogP contribution in [0.3, 0.4) is 0 Å². The van der Waals surface area contributed by atoms with Crippen LogP contribution in [0.15, 0.2) is 11.8 Å². The molecule has 1 unspecified atom stereocenters. The van der Waals surface area contributed by atoms with E-state index in [1.165, 1.54) is 11.1 Å². The molecule has 0 radical (unpaired) electrons. The second-order valence-corrected chi connectivity index (χ2v) is 2.62. The summed E-state index contributed by atoms with van der Waals surface area (Å²) in [5, 5.41) is 12.5. The van der Waals surface area contributed by atoms with Crippen LogP contribution >= 0.6 is 0 Å². The largest absolute Gasteiger partial charge is 0.394 e. The van der Waals surface area contributed by atoms with Crippen molar-refractivity contribution in [3.05, 3.63) is 11.8 Å². The van der Waals surface area contributed by atoms with Gasteiger partial charge in [0, 0.05) is 19.7 Å². The Morgan fingerprint density at radius 2 is 2.62 bits per heavy atom. The number of rotatable bonds is 2. The lowest BCUT2D eigenvalue weighted by Crippen LogP contribution is -2.40. The first kappa shape index (κ1) is 9.55. The molecule has 1 N–H and O–H groups in total. The molecule has 70 valence electrons. The fourth-order valence-corrected chi connectivity index (χ4v) is 1.07. The number of carbonyl (C=O) groups is 1. The van der Waals surface area contributed by atoms with Crippen LogP contribution in [0.2, 0.25) is 0 Å². The lowest BCUT2D eigenvalue weighted by atomic mass is 10.2. The van der Waals surface area contributed by atoms with E-state index in [2.05, 4.69) is 5.32 Å². The smallest absolute Gasteiger partial charge is 0.244 e. The Kier molecular flexibility index (Phi) is 2.88. The first-order chi connectivity index (χ1) is 6.19. The van der Waals surface area contributed by atoms with E-state index in [0.717, 1.165) is 0 Å². The zero-order valence-electron chi connectivity index (χ0n) is 7.57. The summed E-state index contributed by atoms with van der Waals surface area (Å²) in [6.45, 7) is 2.40. The molecule has 1 aliphatic rings. The second kappa shape index (κ2) is 3.92. The van der Waals surface area contributed by atoms with Gasteiger partial charge in [0.15, 0.2) is 0 Å². The molecule has 0 aliphatic carbocycles. The Labute approximate surface area is 76.5 Å². The van der Waals surface area contributed by atoms with E-state index in [9.17, 15) is 4.79 Å². The molecule has 0 saturated carbocycles. The summed E-state index contributed by atoms with van der Waals surface area (Å²) in [6.07, 6.45) is 1.49. The Balaban J connectivity index is 2.66. The van der Waals surface area contributed by atoms with Crippen molar-refractivity contribution < 1.29 is 9.63 Å². The number of amides is 1. The van der Waals surface area contributed by atoms with Crippen LogP contribution in [0, 0.1) is 11.3 Å². The van der Waals surface area contributed by atoms with E-state index in [1.54, 1.807) is 7.05 Å². The van der Waals surface area contributed by atoms with Gasteiger partial charge in [-0.25, -0.2) is 0 Å². The van der Waals surface area contributed by atoms with Crippen molar-refractivity contribution in [2.45, 2.75) is 13.0 Å². The summed E-state index contributed by atoms with van der Waals surface area (Å²) in [7, 11) is 1.61. The topological polar surface area (TPSA) is 65.4 Å². The predicted octanol–water partition coefficient (Wildman–Crippen LogP) is -0.224. The maximum absolute atomic E-state index is 11.3. The van der Waals surface area contributed by atoms with Crippen LogP contribution in [-0.4, -0.2) is 30.6 Å². The number of allylic oxidation sites excluding steroid dienone is 1. The standard InChI is InChI=1S/C8H11N3O2/c1-3-10-8(12)7-4-6(5-9)13-11(7)2/h4,7H,3H2,1-2H3,(H,10,12). The van der Waals surface area contributed by atoms with Crippen molar-refractivity contribution in [2.24, 2.45) is 0 Å². The van der Waals surface area contributed by atoms with Gasteiger partial charge in [-0.2, -0.15) is 5.26 Å². The van der Waals surface area contributed by atoms with E-state index in [-0.39, 0.29) is 11.7 Å². The highest BCUT2D eigenvalue weighted by Gasteiger charge is 2.29. The van der Waals surface area contributed by atoms with E-state index in [1.807, 2.05) is 13.0 Å². The molecule has 5 nitrogen and oxygen atoms in total. The van der Waals surface area contributed by atoms with Crippen molar-refractivity contribution in [3.8, 4) is 6.07 Å². The van der Waals surface area contributed by atoms with E-state index in [0.29, 0.717) is 6.54 Å². The van der Waals surface area contributed by atoms with Crippen LogP contribution < -0.4 is 5.32 Å². The molecule has 1 aliphatic heterocycles. The number of hydrogen-bond donors (Lipinski definition) is 1. The van der Waals surface area contributed by atoms with Gasteiger partial charge in [-0.1, -0.05) is 0 Å². The first-order valence-electron chi connectivity index (χ1n) is 3.99. The van der Waals surface area contributed by atoms with Crippen LogP contribution in [0.4, 0.5) is 0 Å². The summed E-state index contributed by atoms with van der Waals surface area (Å²) in [5.74, 6) is 0.00834. The average molecular weight is 181 g/mol. The van der Waals surface area contributed by atoms with Gasteiger partial charge in [-0.15, -0.1) is 5.06 Å². The Morgan fingerprint density at radius 3 is 3.08 bits per heavy atom. The number of nitrogens with one attached hydrogen (secondary N) is 1. The normalized spacial score (nSPS) is 21.6. The van der Waals surface area contributed by atoms with Crippen molar-refractivity contribution >= 4 is 5.91 Å². The van der Waals surface area contributed by atoms with E-state index < -0.39 is 6.04 Å². The molecular weight excluding hydrogens is 170 g/mol. The molecule has 0 bridgehead atoms. The quantitative estimate of drug-likeness (QED) is 0.639. The zero-order valence-corrected chi connectivity index (χ0v) is 7.57. The Hall–Kier alpha value is -1.54. The number of nitriles is 1. The number of hydrogen-bond acceptors (Lipinski definition) is 4. The molecule has 1 amide bonds. The maximum atomic E-state index is 11.3. The molecule has 0 aromatic heterocycles. The SMILES string of the molecule is CCNC(=O)C1C=C(C#N)ON1C. The molecule has 0 saturated heterocycles. The molecule has 1 atom stereocenters. The predicted molar refractivity (Wildman–Crippen MR) is 45.0 cm³/mol. The van der Waals surface area contributed by atoms with Crippen molar-refractivity contribution in [2.75, 3.05) is 13.6 Å². The highest BCUT2D eigenvalue weighted by atomic mass is 16.7.